The molecule has 1 rings (SSSR count). The number of hydrogen-bond acceptors (Lipinski definition) is 4. The van der Waals surface area contributed by atoms with E-state index in [1.54, 1.807) is 0 Å². The van der Waals surface area contributed by atoms with Gasteiger partial charge in [-0.15, -0.1) is 0 Å². The molecule has 1 aliphatic rings. The number of carbonyl (C=O) groups excluding carboxylic acids is 1. The predicted molar refractivity (Wildman–Crippen MR) is 64.6 cm³/mol. The van der Waals surface area contributed by atoms with Crippen molar-refractivity contribution in [2.24, 2.45) is 11.8 Å². The normalized spacial score (nSPS) is 28.8. The fourth-order valence-corrected chi connectivity index (χ4v) is 2.60. The summed E-state index contributed by atoms with van der Waals surface area (Å²) in [4.78, 5) is 11.9. The average Bonchev–Trinajstić information content (AvgIpc) is 2.36. The molecule has 0 bridgehead atoms. The lowest BCUT2D eigenvalue weighted by atomic mass is 9.73. The first-order chi connectivity index (χ1) is 7.96. The van der Waals surface area contributed by atoms with Gasteiger partial charge < -0.3 is 14.6 Å². The zero-order chi connectivity index (χ0) is 13.1. The summed E-state index contributed by atoms with van der Waals surface area (Å²) in [5, 5.41) is 10.7. The maximum absolute atomic E-state index is 11.9. The molecule has 0 radical (unpaired) electrons. The van der Waals surface area contributed by atoms with Crippen molar-refractivity contribution in [1.82, 2.24) is 0 Å². The first-order valence-electron chi connectivity index (χ1n) is 6.39. The second-order valence-corrected chi connectivity index (χ2v) is 5.09. The number of carbonyl (C=O) groups is 1. The molecule has 3 atom stereocenters. The Bertz CT molecular complexity index is 264. The van der Waals surface area contributed by atoms with Crippen molar-refractivity contribution in [1.29, 1.82) is 0 Å². The molecular weight excluding hydrogens is 220 g/mol. The van der Waals surface area contributed by atoms with Crippen LogP contribution in [0, 0.1) is 11.8 Å². The van der Waals surface area contributed by atoms with Crippen molar-refractivity contribution in [3.8, 4) is 0 Å². The summed E-state index contributed by atoms with van der Waals surface area (Å²) >= 11 is 0. The molecule has 0 saturated carbocycles. The van der Waals surface area contributed by atoms with Crippen LogP contribution in [0.1, 0.15) is 40.0 Å². The second-order valence-electron chi connectivity index (χ2n) is 5.09. The van der Waals surface area contributed by atoms with Crippen molar-refractivity contribution in [3.05, 3.63) is 0 Å². The maximum atomic E-state index is 11.9. The standard InChI is InChI=1S/C13H24O4/c1-5-11-8-10(6-7-17-11)13(15,9(2)3)12(14)16-4/h9-11,15H,5-8H2,1-4H3. The quantitative estimate of drug-likeness (QED) is 0.765. The molecule has 100 valence electrons. The maximum Gasteiger partial charge on any atom is 0.338 e. The highest BCUT2D eigenvalue weighted by molar-refractivity contribution is 5.80. The third kappa shape index (κ3) is 2.80. The van der Waals surface area contributed by atoms with Gasteiger partial charge in [0.25, 0.3) is 0 Å². The van der Waals surface area contributed by atoms with E-state index >= 15 is 0 Å². The van der Waals surface area contributed by atoms with Gasteiger partial charge in [0.1, 0.15) is 0 Å². The van der Waals surface area contributed by atoms with Gasteiger partial charge in [0, 0.05) is 12.5 Å². The molecule has 1 heterocycles. The smallest absolute Gasteiger partial charge is 0.338 e. The first kappa shape index (κ1) is 14.5. The van der Waals surface area contributed by atoms with Crippen LogP contribution in [0.15, 0.2) is 0 Å². The molecule has 0 aromatic carbocycles. The highest BCUT2D eigenvalue weighted by Crippen LogP contribution is 2.36. The van der Waals surface area contributed by atoms with E-state index in [0.29, 0.717) is 13.0 Å². The van der Waals surface area contributed by atoms with E-state index in [9.17, 15) is 9.90 Å². The number of ether oxygens (including phenoxy) is 2. The summed E-state index contributed by atoms with van der Waals surface area (Å²) < 4.78 is 10.4. The van der Waals surface area contributed by atoms with Crippen molar-refractivity contribution in [2.45, 2.75) is 51.7 Å². The Morgan fingerprint density at radius 1 is 1.59 bits per heavy atom. The Balaban J connectivity index is 2.87. The SMILES string of the molecule is CCC1CC(C(O)(C(=O)OC)C(C)C)CCO1. The molecule has 0 aromatic rings. The lowest BCUT2D eigenvalue weighted by molar-refractivity contribution is -0.183. The van der Waals surface area contributed by atoms with Crippen LogP contribution in [-0.4, -0.2) is 36.5 Å². The van der Waals surface area contributed by atoms with Gasteiger partial charge in [0.2, 0.25) is 0 Å². The van der Waals surface area contributed by atoms with E-state index in [0.717, 1.165) is 12.8 Å². The molecule has 17 heavy (non-hydrogen) atoms. The van der Waals surface area contributed by atoms with Gasteiger partial charge in [-0.1, -0.05) is 20.8 Å². The molecule has 0 spiro atoms. The molecule has 1 saturated heterocycles. The highest BCUT2D eigenvalue weighted by Gasteiger charge is 2.49. The summed E-state index contributed by atoms with van der Waals surface area (Å²) in [5.41, 5.74) is -1.38. The number of methoxy groups -OCH3 is 1. The molecule has 4 heteroatoms. The van der Waals surface area contributed by atoms with Crippen molar-refractivity contribution >= 4 is 5.97 Å². The average molecular weight is 244 g/mol. The van der Waals surface area contributed by atoms with Gasteiger partial charge >= 0.3 is 5.97 Å². The van der Waals surface area contributed by atoms with E-state index in [-0.39, 0.29) is 17.9 Å². The third-order valence-electron chi connectivity index (χ3n) is 3.84. The number of esters is 1. The van der Waals surface area contributed by atoms with E-state index in [1.807, 2.05) is 13.8 Å². The Labute approximate surface area is 103 Å². The van der Waals surface area contributed by atoms with E-state index in [4.69, 9.17) is 9.47 Å². The summed E-state index contributed by atoms with van der Waals surface area (Å²) in [7, 11) is 1.33. The lowest BCUT2D eigenvalue weighted by Crippen LogP contribution is -2.53. The minimum absolute atomic E-state index is 0.0753. The fraction of sp³-hybridized carbons (Fsp3) is 0.923. The largest absolute Gasteiger partial charge is 0.467 e. The van der Waals surface area contributed by atoms with Crippen molar-refractivity contribution in [3.63, 3.8) is 0 Å². The Hall–Kier alpha value is -0.610. The monoisotopic (exact) mass is 244 g/mol. The molecule has 0 aliphatic carbocycles. The van der Waals surface area contributed by atoms with Crippen LogP contribution >= 0.6 is 0 Å². The lowest BCUT2D eigenvalue weighted by Gasteiger charge is -2.41. The van der Waals surface area contributed by atoms with E-state index < -0.39 is 11.6 Å². The van der Waals surface area contributed by atoms with Crippen LogP contribution < -0.4 is 0 Å². The van der Waals surface area contributed by atoms with Crippen LogP contribution in [0.25, 0.3) is 0 Å². The number of aliphatic hydroxyl groups is 1. The molecule has 0 aromatic heterocycles. The minimum atomic E-state index is -1.38. The zero-order valence-corrected chi connectivity index (χ0v) is 11.2. The summed E-state index contributed by atoms with van der Waals surface area (Å²) in [6, 6.07) is 0. The van der Waals surface area contributed by atoms with E-state index in [1.165, 1.54) is 7.11 Å². The number of hydrogen-bond donors (Lipinski definition) is 1. The van der Waals surface area contributed by atoms with Gasteiger partial charge in [0.15, 0.2) is 5.60 Å². The molecule has 1 aliphatic heterocycles. The van der Waals surface area contributed by atoms with Crippen LogP contribution in [0.2, 0.25) is 0 Å². The van der Waals surface area contributed by atoms with Gasteiger partial charge in [-0.2, -0.15) is 0 Å². The molecule has 4 nitrogen and oxygen atoms in total. The Morgan fingerprint density at radius 2 is 2.24 bits per heavy atom. The molecule has 1 fully saturated rings. The molecule has 1 N–H and O–H groups in total. The minimum Gasteiger partial charge on any atom is -0.467 e. The Morgan fingerprint density at radius 3 is 2.71 bits per heavy atom. The topological polar surface area (TPSA) is 55.8 Å². The van der Waals surface area contributed by atoms with Crippen LogP contribution in [0.4, 0.5) is 0 Å². The highest BCUT2D eigenvalue weighted by atomic mass is 16.5. The Kier molecular flexibility index (Phi) is 4.95. The van der Waals surface area contributed by atoms with Crippen LogP contribution in [0.5, 0.6) is 0 Å². The second kappa shape index (κ2) is 5.83. The summed E-state index contributed by atoms with van der Waals surface area (Å²) in [6.45, 7) is 6.37. The summed E-state index contributed by atoms with van der Waals surface area (Å²) in [6.07, 6.45) is 2.48. The number of rotatable bonds is 4. The third-order valence-corrected chi connectivity index (χ3v) is 3.84. The molecule has 0 amide bonds. The van der Waals surface area contributed by atoms with Gasteiger partial charge in [0.05, 0.1) is 13.2 Å². The molecule has 3 unspecified atom stereocenters. The summed E-state index contributed by atoms with van der Waals surface area (Å²) in [5.74, 6) is -0.751. The van der Waals surface area contributed by atoms with Gasteiger partial charge in [-0.3, -0.25) is 0 Å². The fourth-order valence-electron chi connectivity index (χ4n) is 2.60. The van der Waals surface area contributed by atoms with Gasteiger partial charge in [-0.25, -0.2) is 4.79 Å². The van der Waals surface area contributed by atoms with Crippen molar-refractivity contribution < 1.29 is 19.4 Å². The molecular formula is C13H24O4. The van der Waals surface area contributed by atoms with E-state index in [2.05, 4.69) is 6.92 Å². The first-order valence-corrected chi connectivity index (χ1v) is 6.39. The predicted octanol–water partition coefficient (Wildman–Crippen LogP) is 1.75. The van der Waals surface area contributed by atoms with Gasteiger partial charge in [-0.05, 0) is 25.2 Å². The zero-order valence-electron chi connectivity index (χ0n) is 11.2. The van der Waals surface area contributed by atoms with Crippen LogP contribution in [-0.2, 0) is 14.3 Å². The van der Waals surface area contributed by atoms with Crippen LogP contribution in [0.3, 0.4) is 0 Å². The van der Waals surface area contributed by atoms with Crippen molar-refractivity contribution in [2.75, 3.05) is 13.7 Å².